The van der Waals surface area contributed by atoms with Crippen molar-refractivity contribution in [1.29, 1.82) is 0 Å². The fraction of sp³-hybridized carbons (Fsp3) is 0.859. The smallest absolute Gasteiger partial charge is 0.306 e. The third-order valence-corrected chi connectivity index (χ3v) is 13.9. The van der Waals surface area contributed by atoms with Crippen molar-refractivity contribution in [1.82, 2.24) is 0 Å². The van der Waals surface area contributed by atoms with Gasteiger partial charge in [0.15, 0.2) is 6.10 Å². The molecule has 0 rings (SSSR count). The fourth-order valence-electron chi connectivity index (χ4n) is 9.28. The topological polar surface area (TPSA) is 78.9 Å². The molecule has 0 aromatic rings. The highest BCUT2D eigenvalue weighted by Gasteiger charge is 2.19. The van der Waals surface area contributed by atoms with E-state index in [2.05, 4.69) is 57.2 Å². The quantitative estimate of drug-likeness (QED) is 0.0261. The predicted molar refractivity (Wildman–Crippen MR) is 302 cm³/mol. The Labute approximate surface area is 435 Å². The van der Waals surface area contributed by atoms with Crippen LogP contribution in [0.4, 0.5) is 0 Å². The molecular weight excluding hydrogens is 865 g/mol. The zero-order valence-corrected chi connectivity index (χ0v) is 47.1. The largest absolute Gasteiger partial charge is 0.462 e. The first kappa shape index (κ1) is 67.6. The number of allylic oxidation sites excluding steroid dienone is 6. The summed E-state index contributed by atoms with van der Waals surface area (Å²) < 4.78 is 16.9. The molecule has 0 aromatic heterocycles. The average molecular weight is 984 g/mol. The third kappa shape index (κ3) is 56.5. The molecule has 0 bridgehead atoms. The van der Waals surface area contributed by atoms with Crippen LogP contribution >= 0.6 is 0 Å². The van der Waals surface area contributed by atoms with Gasteiger partial charge in [-0.1, -0.05) is 301 Å². The second-order valence-corrected chi connectivity index (χ2v) is 21.0. The van der Waals surface area contributed by atoms with Crippen molar-refractivity contribution in [3.05, 3.63) is 36.5 Å². The van der Waals surface area contributed by atoms with E-state index < -0.39 is 6.10 Å². The van der Waals surface area contributed by atoms with Crippen molar-refractivity contribution in [3.8, 4) is 0 Å². The normalized spacial score (nSPS) is 12.2. The summed E-state index contributed by atoms with van der Waals surface area (Å²) in [5.74, 6) is -0.857. The molecule has 6 nitrogen and oxygen atoms in total. The molecular formula is C64H118O6. The molecule has 0 aliphatic rings. The molecule has 0 saturated heterocycles. The Kier molecular flexibility index (Phi) is 57.2. The van der Waals surface area contributed by atoms with Crippen LogP contribution in [0.2, 0.25) is 0 Å². The second-order valence-electron chi connectivity index (χ2n) is 21.0. The Morgan fingerprint density at radius 1 is 0.300 bits per heavy atom. The molecule has 0 spiro atoms. The summed E-state index contributed by atoms with van der Waals surface area (Å²) in [4.78, 5) is 38.2. The molecule has 0 aliphatic carbocycles. The minimum absolute atomic E-state index is 0.0709. The van der Waals surface area contributed by atoms with E-state index in [9.17, 15) is 14.4 Å². The molecule has 0 aliphatic heterocycles. The van der Waals surface area contributed by atoms with E-state index in [1.165, 1.54) is 212 Å². The molecule has 70 heavy (non-hydrogen) atoms. The Bertz CT molecular complexity index is 1170. The van der Waals surface area contributed by atoms with Crippen molar-refractivity contribution in [2.24, 2.45) is 0 Å². The predicted octanol–water partition coefficient (Wildman–Crippen LogP) is 20.8. The van der Waals surface area contributed by atoms with Gasteiger partial charge in [0, 0.05) is 19.3 Å². The fourth-order valence-corrected chi connectivity index (χ4v) is 9.28. The number of esters is 3. The number of carbonyl (C=O) groups excluding carboxylic acids is 3. The van der Waals surface area contributed by atoms with Crippen LogP contribution in [0, 0.1) is 0 Å². The lowest BCUT2D eigenvalue weighted by Crippen LogP contribution is -2.30. The molecule has 0 fully saturated rings. The van der Waals surface area contributed by atoms with Crippen molar-refractivity contribution in [2.45, 2.75) is 341 Å². The van der Waals surface area contributed by atoms with Crippen LogP contribution in [0.3, 0.4) is 0 Å². The van der Waals surface area contributed by atoms with Crippen LogP contribution in [0.15, 0.2) is 36.5 Å². The highest BCUT2D eigenvalue weighted by Crippen LogP contribution is 2.18. The first-order chi connectivity index (χ1) is 34.5. The molecule has 410 valence electrons. The van der Waals surface area contributed by atoms with Crippen LogP contribution in [0.1, 0.15) is 335 Å². The van der Waals surface area contributed by atoms with E-state index in [1.54, 1.807) is 0 Å². The Balaban J connectivity index is 4.30. The number of hydrogen-bond acceptors (Lipinski definition) is 6. The molecule has 0 amide bonds. The summed E-state index contributed by atoms with van der Waals surface area (Å²) in [6.07, 6.45) is 71.4. The molecule has 0 N–H and O–H groups in total. The number of ether oxygens (including phenoxy) is 3. The Morgan fingerprint density at radius 2 is 0.557 bits per heavy atom. The third-order valence-electron chi connectivity index (χ3n) is 13.9. The lowest BCUT2D eigenvalue weighted by Gasteiger charge is -2.18. The van der Waals surface area contributed by atoms with Gasteiger partial charge >= 0.3 is 17.9 Å². The van der Waals surface area contributed by atoms with E-state index in [0.29, 0.717) is 19.3 Å². The highest BCUT2D eigenvalue weighted by atomic mass is 16.6. The van der Waals surface area contributed by atoms with Gasteiger partial charge in [0.25, 0.3) is 0 Å². The number of hydrogen-bond donors (Lipinski definition) is 0. The summed E-state index contributed by atoms with van der Waals surface area (Å²) in [5.41, 5.74) is 0. The zero-order chi connectivity index (χ0) is 50.7. The first-order valence-corrected chi connectivity index (χ1v) is 31.0. The average Bonchev–Trinajstić information content (AvgIpc) is 3.36. The summed E-state index contributed by atoms with van der Waals surface area (Å²) in [7, 11) is 0. The maximum atomic E-state index is 12.9. The summed E-state index contributed by atoms with van der Waals surface area (Å²) in [6.45, 7) is 6.58. The zero-order valence-electron chi connectivity index (χ0n) is 47.1. The van der Waals surface area contributed by atoms with Crippen LogP contribution in [0.5, 0.6) is 0 Å². The molecule has 1 unspecified atom stereocenters. The summed E-state index contributed by atoms with van der Waals surface area (Å²) in [5, 5.41) is 0. The van der Waals surface area contributed by atoms with Gasteiger partial charge in [-0.15, -0.1) is 0 Å². The van der Waals surface area contributed by atoms with Gasteiger partial charge in [0.2, 0.25) is 0 Å². The monoisotopic (exact) mass is 983 g/mol. The maximum absolute atomic E-state index is 12.9. The van der Waals surface area contributed by atoms with Crippen LogP contribution in [-0.4, -0.2) is 37.2 Å². The summed E-state index contributed by atoms with van der Waals surface area (Å²) >= 11 is 0. The van der Waals surface area contributed by atoms with Crippen molar-refractivity contribution >= 4 is 17.9 Å². The van der Waals surface area contributed by atoms with Gasteiger partial charge in [0.05, 0.1) is 0 Å². The van der Waals surface area contributed by atoms with Gasteiger partial charge in [-0.05, 0) is 51.4 Å². The van der Waals surface area contributed by atoms with Crippen molar-refractivity contribution in [2.75, 3.05) is 13.2 Å². The molecule has 6 heteroatoms. The van der Waals surface area contributed by atoms with E-state index >= 15 is 0 Å². The standard InChI is InChI=1S/C64H118O6/c1-4-7-10-13-16-19-22-25-28-30-31-32-33-35-36-39-42-45-48-51-54-57-63(66)69-60-61(59-68-62(65)56-53-50-47-44-41-38-27-24-21-18-15-12-9-6-3)70-64(67)58-55-52-49-46-43-40-37-34-29-26-23-20-17-14-11-8-5-2/h8,11,17,20,26,29,61H,4-7,9-10,12-16,18-19,21-25,27-28,30-60H2,1-3H3/b11-8-,20-17-,29-26-. The lowest BCUT2D eigenvalue weighted by molar-refractivity contribution is -0.167. The van der Waals surface area contributed by atoms with Gasteiger partial charge in [0.1, 0.15) is 13.2 Å². The van der Waals surface area contributed by atoms with Crippen LogP contribution < -0.4 is 0 Å². The maximum Gasteiger partial charge on any atom is 0.306 e. The SMILES string of the molecule is CC/C=C\C/C=C\C/C=C\CCCCCCCCCC(=O)OC(COC(=O)CCCCCCCCCCCCCCCC)COC(=O)CCCCCCCCCCCCCCCCCCCCCCC. The van der Waals surface area contributed by atoms with Gasteiger partial charge in [-0.25, -0.2) is 0 Å². The van der Waals surface area contributed by atoms with Crippen molar-refractivity contribution in [3.63, 3.8) is 0 Å². The van der Waals surface area contributed by atoms with Crippen molar-refractivity contribution < 1.29 is 28.6 Å². The second kappa shape index (κ2) is 59.2. The van der Waals surface area contributed by atoms with Crippen LogP contribution in [-0.2, 0) is 28.6 Å². The molecule has 0 aromatic carbocycles. The molecule has 1 atom stereocenters. The Hall–Kier alpha value is -2.37. The van der Waals surface area contributed by atoms with Gasteiger partial charge in [-0.2, -0.15) is 0 Å². The highest BCUT2D eigenvalue weighted by molar-refractivity contribution is 5.71. The first-order valence-electron chi connectivity index (χ1n) is 31.0. The van der Waals surface area contributed by atoms with E-state index in [-0.39, 0.29) is 31.1 Å². The van der Waals surface area contributed by atoms with E-state index in [4.69, 9.17) is 14.2 Å². The van der Waals surface area contributed by atoms with Crippen LogP contribution in [0.25, 0.3) is 0 Å². The molecule has 0 saturated carbocycles. The van der Waals surface area contributed by atoms with E-state index in [1.807, 2.05) is 0 Å². The molecule has 0 radical (unpaired) electrons. The minimum atomic E-state index is -0.774. The Morgan fingerprint density at radius 3 is 0.871 bits per heavy atom. The lowest BCUT2D eigenvalue weighted by atomic mass is 10.0. The number of carbonyl (C=O) groups is 3. The van der Waals surface area contributed by atoms with Gasteiger partial charge in [-0.3, -0.25) is 14.4 Å². The number of unbranched alkanes of at least 4 members (excludes halogenated alkanes) is 40. The minimum Gasteiger partial charge on any atom is -0.462 e. The number of rotatable bonds is 57. The molecule has 0 heterocycles. The van der Waals surface area contributed by atoms with Gasteiger partial charge < -0.3 is 14.2 Å². The summed E-state index contributed by atoms with van der Waals surface area (Å²) in [6, 6.07) is 0. The van der Waals surface area contributed by atoms with E-state index in [0.717, 1.165) is 83.5 Å².